The van der Waals surface area contributed by atoms with Crippen LogP contribution in [0.5, 0.6) is 5.88 Å². The van der Waals surface area contributed by atoms with Crippen molar-refractivity contribution in [2.24, 2.45) is 0 Å². The normalized spacial score (nSPS) is 23.6. The fourth-order valence-corrected chi connectivity index (χ4v) is 6.56. The Kier molecular flexibility index (Phi) is 10.5. The van der Waals surface area contributed by atoms with Gasteiger partial charge in [-0.2, -0.15) is 16.9 Å². The van der Waals surface area contributed by atoms with E-state index in [0.29, 0.717) is 31.7 Å². The van der Waals surface area contributed by atoms with Crippen LogP contribution in [0.1, 0.15) is 84.3 Å². The van der Waals surface area contributed by atoms with Gasteiger partial charge < -0.3 is 24.8 Å². The highest BCUT2D eigenvalue weighted by Crippen LogP contribution is 2.26. The number of rotatable bonds is 10. The van der Waals surface area contributed by atoms with E-state index in [2.05, 4.69) is 20.7 Å². The molecule has 1 unspecified atom stereocenters. The minimum atomic E-state index is -0.573. The van der Waals surface area contributed by atoms with Gasteiger partial charge in [-0.15, -0.1) is 0 Å². The quantitative estimate of drug-likeness (QED) is 0.427. The monoisotopic (exact) mass is 589 g/mol. The van der Waals surface area contributed by atoms with Gasteiger partial charge >= 0.3 is 0 Å². The standard InChI is InChI=1S/C29H40FN5O5S/c1-19-16-25(34-35(19)11-13-39-26-4-2-3-12-38-26)28(37)33-22-7-5-21(6-8-22)32-27(36)24-17-20(30)18-31-29(24)40-23-9-14-41-15-10-23/h16-18,21-23,26H,2-15H2,1H3,(H,32,36)(H,33,37). The van der Waals surface area contributed by atoms with Gasteiger partial charge in [0.05, 0.1) is 19.3 Å². The van der Waals surface area contributed by atoms with Gasteiger partial charge in [0.25, 0.3) is 11.8 Å². The molecule has 1 saturated carbocycles. The molecular weight excluding hydrogens is 549 g/mol. The fraction of sp³-hybridized carbons (Fsp3) is 0.655. The van der Waals surface area contributed by atoms with E-state index in [0.717, 1.165) is 74.9 Å². The Morgan fingerprint density at radius 2 is 1.78 bits per heavy atom. The van der Waals surface area contributed by atoms with E-state index in [1.807, 2.05) is 18.7 Å². The Morgan fingerprint density at radius 1 is 1.05 bits per heavy atom. The first kappa shape index (κ1) is 29.8. The molecule has 41 heavy (non-hydrogen) atoms. The van der Waals surface area contributed by atoms with E-state index in [1.165, 1.54) is 6.07 Å². The van der Waals surface area contributed by atoms with Crippen LogP contribution in [0.3, 0.4) is 0 Å². The molecule has 10 nitrogen and oxygen atoms in total. The molecule has 3 aliphatic rings. The lowest BCUT2D eigenvalue weighted by Gasteiger charge is -2.29. The number of nitrogens with zero attached hydrogens (tertiary/aromatic N) is 3. The van der Waals surface area contributed by atoms with Crippen molar-refractivity contribution >= 4 is 23.6 Å². The Morgan fingerprint density at radius 3 is 2.49 bits per heavy atom. The topological polar surface area (TPSA) is 117 Å². The average molecular weight is 590 g/mol. The molecule has 3 fully saturated rings. The molecule has 2 aliphatic heterocycles. The number of hydrogen-bond donors (Lipinski definition) is 2. The van der Waals surface area contributed by atoms with Crippen LogP contribution >= 0.6 is 11.8 Å². The maximum atomic E-state index is 14.0. The van der Waals surface area contributed by atoms with E-state index >= 15 is 0 Å². The van der Waals surface area contributed by atoms with Gasteiger partial charge in [0.2, 0.25) is 5.88 Å². The van der Waals surface area contributed by atoms with Gasteiger partial charge in [-0.1, -0.05) is 0 Å². The number of halogens is 1. The molecule has 2 amide bonds. The number of amides is 2. The van der Waals surface area contributed by atoms with E-state index in [4.69, 9.17) is 14.2 Å². The van der Waals surface area contributed by atoms with Crippen LogP contribution < -0.4 is 15.4 Å². The molecule has 1 aliphatic carbocycles. The molecule has 0 aromatic carbocycles. The smallest absolute Gasteiger partial charge is 0.272 e. The Labute approximate surface area is 244 Å². The second-order valence-corrected chi connectivity index (χ2v) is 12.2. The molecule has 5 rings (SSSR count). The molecule has 0 bridgehead atoms. The highest BCUT2D eigenvalue weighted by molar-refractivity contribution is 7.99. The number of ether oxygens (including phenoxy) is 3. The number of aromatic nitrogens is 3. The fourth-order valence-electron chi connectivity index (χ4n) is 5.50. The summed E-state index contributed by atoms with van der Waals surface area (Å²) in [7, 11) is 0. The molecular formula is C29H40FN5O5S. The van der Waals surface area contributed by atoms with Crippen molar-refractivity contribution in [1.29, 1.82) is 0 Å². The number of hydrogen-bond acceptors (Lipinski definition) is 8. The Balaban J connectivity index is 1.07. The minimum absolute atomic E-state index is 0.00760. The number of nitrogens with one attached hydrogen (secondary N) is 2. The average Bonchev–Trinajstić information content (AvgIpc) is 3.36. The van der Waals surface area contributed by atoms with Crippen LogP contribution in [0, 0.1) is 12.7 Å². The summed E-state index contributed by atoms with van der Waals surface area (Å²) in [6.07, 6.45) is 8.62. The highest BCUT2D eigenvalue weighted by atomic mass is 32.2. The number of pyridine rings is 1. The molecule has 1 atom stereocenters. The van der Waals surface area contributed by atoms with Crippen LogP contribution in [-0.4, -0.2) is 75.8 Å². The van der Waals surface area contributed by atoms with Gasteiger partial charge in [-0.05, 0) is 88.3 Å². The number of carbonyl (C=O) groups excluding carboxylic acids is 2. The van der Waals surface area contributed by atoms with Crippen molar-refractivity contribution in [2.75, 3.05) is 24.7 Å². The van der Waals surface area contributed by atoms with Crippen LogP contribution in [-0.2, 0) is 16.0 Å². The third-order valence-electron chi connectivity index (χ3n) is 7.87. The zero-order valence-corrected chi connectivity index (χ0v) is 24.4. The predicted octanol–water partition coefficient (Wildman–Crippen LogP) is 4.01. The van der Waals surface area contributed by atoms with Gasteiger partial charge in [0.1, 0.15) is 23.2 Å². The van der Waals surface area contributed by atoms with Crippen molar-refractivity contribution in [2.45, 2.75) is 95.7 Å². The summed E-state index contributed by atoms with van der Waals surface area (Å²) >= 11 is 1.88. The molecule has 4 heterocycles. The van der Waals surface area contributed by atoms with Gasteiger partial charge in [0.15, 0.2) is 6.29 Å². The van der Waals surface area contributed by atoms with Crippen molar-refractivity contribution < 1.29 is 28.2 Å². The molecule has 224 valence electrons. The summed E-state index contributed by atoms with van der Waals surface area (Å²) in [5.41, 5.74) is 1.41. The lowest BCUT2D eigenvalue weighted by Crippen LogP contribution is -2.44. The SMILES string of the molecule is Cc1cc(C(=O)NC2CCC(NC(=O)c3cc(F)cnc3OC3CCSCC3)CC2)nn1CCOC1CCCCO1. The third-order valence-corrected chi connectivity index (χ3v) is 8.91. The van der Waals surface area contributed by atoms with Gasteiger partial charge in [-0.3, -0.25) is 14.3 Å². The summed E-state index contributed by atoms with van der Waals surface area (Å²) < 4.78 is 33.2. The summed E-state index contributed by atoms with van der Waals surface area (Å²) in [6, 6.07) is 2.90. The largest absolute Gasteiger partial charge is 0.474 e. The zero-order valence-electron chi connectivity index (χ0n) is 23.6. The summed E-state index contributed by atoms with van der Waals surface area (Å²) in [5, 5.41) is 10.6. The molecule has 2 saturated heterocycles. The molecule has 2 N–H and O–H groups in total. The lowest BCUT2D eigenvalue weighted by atomic mass is 9.91. The Bertz CT molecular complexity index is 1180. The van der Waals surface area contributed by atoms with Crippen LogP contribution in [0.15, 0.2) is 18.3 Å². The highest BCUT2D eigenvalue weighted by Gasteiger charge is 2.27. The lowest BCUT2D eigenvalue weighted by molar-refractivity contribution is -0.163. The van der Waals surface area contributed by atoms with Gasteiger partial charge in [0, 0.05) is 24.4 Å². The summed E-state index contributed by atoms with van der Waals surface area (Å²) in [6.45, 7) is 3.69. The van der Waals surface area contributed by atoms with E-state index in [1.54, 1.807) is 10.7 Å². The van der Waals surface area contributed by atoms with Gasteiger partial charge in [-0.25, -0.2) is 9.37 Å². The van der Waals surface area contributed by atoms with E-state index < -0.39 is 5.82 Å². The van der Waals surface area contributed by atoms with Crippen molar-refractivity contribution in [3.63, 3.8) is 0 Å². The van der Waals surface area contributed by atoms with Crippen molar-refractivity contribution in [3.05, 3.63) is 41.1 Å². The number of aryl methyl sites for hydroxylation is 1. The van der Waals surface area contributed by atoms with Crippen molar-refractivity contribution in [1.82, 2.24) is 25.4 Å². The summed E-state index contributed by atoms with van der Waals surface area (Å²) in [4.78, 5) is 30.1. The summed E-state index contributed by atoms with van der Waals surface area (Å²) in [5.74, 6) is 1.02. The maximum Gasteiger partial charge on any atom is 0.272 e. The maximum absolute atomic E-state index is 14.0. The van der Waals surface area contributed by atoms with Crippen LogP contribution in [0.4, 0.5) is 4.39 Å². The number of carbonyl (C=O) groups is 2. The first-order valence-corrected chi connectivity index (χ1v) is 15.9. The van der Waals surface area contributed by atoms with Crippen molar-refractivity contribution in [3.8, 4) is 5.88 Å². The number of thioether (sulfide) groups is 1. The zero-order chi connectivity index (χ0) is 28.6. The molecule has 12 heteroatoms. The second kappa shape index (κ2) is 14.5. The molecule has 2 aromatic heterocycles. The third kappa shape index (κ3) is 8.42. The molecule has 0 spiro atoms. The second-order valence-electron chi connectivity index (χ2n) is 11.0. The first-order valence-electron chi connectivity index (χ1n) is 14.7. The van der Waals surface area contributed by atoms with E-state index in [9.17, 15) is 14.0 Å². The molecule has 2 aromatic rings. The minimum Gasteiger partial charge on any atom is -0.474 e. The van der Waals surface area contributed by atoms with Crippen LogP contribution in [0.25, 0.3) is 0 Å². The predicted molar refractivity (Wildman–Crippen MR) is 153 cm³/mol. The molecule has 0 radical (unpaired) electrons. The Hall–Kier alpha value is -2.70. The first-order chi connectivity index (χ1) is 19.9. The van der Waals surface area contributed by atoms with Crippen LogP contribution in [0.2, 0.25) is 0 Å². The van der Waals surface area contributed by atoms with E-state index in [-0.39, 0.29) is 47.7 Å².